The van der Waals surface area contributed by atoms with Crippen LogP contribution in [-0.2, 0) is 0 Å². The van der Waals surface area contributed by atoms with Gasteiger partial charge >= 0.3 is 0 Å². The van der Waals surface area contributed by atoms with E-state index >= 15 is 0 Å². The minimum Gasteiger partial charge on any atom is -0.488 e. The lowest BCUT2D eigenvalue weighted by atomic mass is 9.90. The quantitative estimate of drug-likeness (QED) is 0.505. The van der Waals surface area contributed by atoms with Crippen molar-refractivity contribution in [3.05, 3.63) is 95.7 Å². The predicted octanol–water partition coefficient (Wildman–Crippen LogP) is 4.57. The van der Waals surface area contributed by atoms with Crippen LogP contribution in [0.1, 0.15) is 16.7 Å². The van der Waals surface area contributed by atoms with E-state index in [-0.39, 0.29) is 0 Å². The molecular formula is C25H19F2N2O+. The first-order valence-corrected chi connectivity index (χ1v) is 9.72. The zero-order chi connectivity index (χ0) is 20.5. The molecule has 1 aliphatic rings. The average Bonchev–Trinajstić information content (AvgIpc) is 3.39. The van der Waals surface area contributed by atoms with E-state index in [0.717, 1.165) is 44.4 Å². The van der Waals surface area contributed by atoms with Crippen LogP contribution >= 0.6 is 0 Å². The van der Waals surface area contributed by atoms with Gasteiger partial charge in [0.2, 0.25) is 5.69 Å². The maximum Gasteiger partial charge on any atom is 0.272 e. The SMILES string of the molecule is FC(F)COc1ccc(C(=C2C=[NH+]c3ccccc32)c2c[nH]c3ccccc23)cc1. The Morgan fingerprint density at radius 2 is 1.70 bits per heavy atom. The molecule has 30 heavy (non-hydrogen) atoms. The van der Waals surface area contributed by atoms with Crippen LogP contribution in [0.3, 0.4) is 0 Å². The van der Waals surface area contributed by atoms with Crippen molar-refractivity contribution in [1.29, 1.82) is 0 Å². The second-order valence-electron chi connectivity index (χ2n) is 7.10. The first-order valence-electron chi connectivity index (χ1n) is 9.72. The summed E-state index contributed by atoms with van der Waals surface area (Å²) in [7, 11) is 0. The molecule has 4 aromatic rings. The zero-order valence-corrected chi connectivity index (χ0v) is 16.0. The van der Waals surface area contributed by atoms with Crippen LogP contribution in [-0.4, -0.2) is 24.2 Å². The Labute approximate surface area is 172 Å². The summed E-state index contributed by atoms with van der Waals surface area (Å²) in [5.74, 6) is 0.427. The maximum absolute atomic E-state index is 12.5. The van der Waals surface area contributed by atoms with E-state index in [4.69, 9.17) is 4.74 Å². The number of benzene rings is 3. The van der Waals surface area contributed by atoms with Gasteiger partial charge in [-0.05, 0) is 29.8 Å². The Bertz CT molecular complexity index is 1270. The molecule has 0 aliphatic carbocycles. The summed E-state index contributed by atoms with van der Waals surface area (Å²) < 4.78 is 30.1. The molecule has 1 aromatic heterocycles. The minimum absolute atomic E-state index is 0.427. The highest BCUT2D eigenvalue weighted by Gasteiger charge is 2.24. The number of para-hydroxylation sites is 2. The number of ether oxygens (including phenoxy) is 1. The fourth-order valence-corrected chi connectivity index (χ4v) is 3.89. The predicted molar refractivity (Wildman–Crippen MR) is 115 cm³/mol. The molecule has 0 unspecified atom stereocenters. The second kappa shape index (κ2) is 7.59. The Kier molecular flexibility index (Phi) is 4.64. The van der Waals surface area contributed by atoms with Crippen molar-refractivity contribution in [2.75, 3.05) is 6.61 Å². The number of hydrogen-bond donors (Lipinski definition) is 2. The lowest BCUT2D eigenvalue weighted by Crippen LogP contribution is -2.58. The fourth-order valence-electron chi connectivity index (χ4n) is 3.89. The molecule has 5 heteroatoms. The summed E-state index contributed by atoms with van der Waals surface area (Å²) in [5, 5.41) is 1.12. The number of alkyl halides is 2. The summed E-state index contributed by atoms with van der Waals surface area (Å²) in [6, 6.07) is 23.6. The highest BCUT2D eigenvalue weighted by Crippen LogP contribution is 2.37. The number of aromatic amines is 1. The van der Waals surface area contributed by atoms with Crippen LogP contribution < -0.4 is 9.73 Å². The number of H-pyrrole nitrogens is 1. The van der Waals surface area contributed by atoms with Gasteiger partial charge in [-0.25, -0.2) is 13.8 Å². The number of allylic oxidation sites excluding steroid dienone is 1. The molecule has 0 saturated carbocycles. The van der Waals surface area contributed by atoms with Crippen molar-refractivity contribution in [2.24, 2.45) is 0 Å². The van der Waals surface area contributed by atoms with Gasteiger partial charge in [0.15, 0.2) is 6.21 Å². The second-order valence-corrected chi connectivity index (χ2v) is 7.10. The van der Waals surface area contributed by atoms with Gasteiger partial charge in [0, 0.05) is 34.3 Å². The molecule has 0 saturated heterocycles. The van der Waals surface area contributed by atoms with E-state index < -0.39 is 13.0 Å². The highest BCUT2D eigenvalue weighted by atomic mass is 19.3. The molecule has 1 aliphatic heterocycles. The maximum atomic E-state index is 12.5. The molecule has 0 spiro atoms. The molecule has 2 heterocycles. The first kappa shape index (κ1) is 18.3. The van der Waals surface area contributed by atoms with Crippen LogP contribution in [0.25, 0.3) is 22.0 Å². The molecule has 0 radical (unpaired) electrons. The molecule has 148 valence electrons. The van der Waals surface area contributed by atoms with Crippen LogP contribution in [0.2, 0.25) is 0 Å². The van der Waals surface area contributed by atoms with Gasteiger partial charge in [-0.2, -0.15) is 0 Å². The number of nitrogens with one attached hydrogen (secondary N) is 2. The minimum atomic E-state index is -2.50. The summed E-state index contributed by atoms with van der Waals surface area (Å²) in [6.45, 7) is -0.610. The normalized spacial score (nSPS) is 14.4. The molecule has 5 rings (SSSR count). The summed E-state index contributed by atoms with van der Waals surface area (Å²) in [6.07, 6.45) is 1.54. The Morgan fingerprint density at radius 3 is 2.53 bits per heavy atom. The Hall–Kier alpha value is -3.73. The number of aromatic nitrogens is 1. The van der Waals surface area contributed by atoms with Crippen molar-refractivity contribution in [2.45, 2.75) is 6.43 Å². The third-order valence-corrected chi connectivity index (χ3v) is 5.24. The van der Waals surface area contributed by atoms with E-state index in [1.165, 1.54) is 0 Å². The molecule has 0 amide bonds. The van der Waals surface area contributed by atoms with Crippen molar-refractivity contribution in [1.82, 2.24) is 4.98 Å². The number of rotatable bonds is 5. The van der Waals surface area contributed by atoms with Gasteiger partial charge in [0.1, 0.15) is 12.4 Å². The molecule has 3 aromatic carbocycles. The topological polar surface area (TPSA) is 39.0 Å². The Morgan fingerprint density at radius 1 is 0.933 bits per heavy atom. The third kappa shape index (κ3) is 3.28. The van der Waals surface area contributed by atoms with Crippen LogP contribution in [0.4, 0.5) is 14.5 Å². The van der Waals surface area contributed by atoms with Gasteiger partial charge in [0.05, 0.1) is 11.1 Å². The average molecular weight is 401 g/mol. The lowest BCUT2D eigenvalue weighted by Gasteiger charge is -2.12. The molecule has 3 nitrogen and oxygen atoms in total. The van der Waals surface area contributed by atoms with Crippen LogP contribution in [0.15, 0.2) is 79.0 Å². The molecular weight excluding hydrogens is 382 g/mol. The molecule has 0 bridgehead atoms. The summed E-state index contributed by atoms with van der Waals surface area (Å²) >= 11 is 0. The van der Waals surface area contributed by atoms with E-state index in [9.17, 15) is 8.78 Å². The molecule has 2 N–H and O–H groups in total. The Balaban J connectivity index is 1.67. The molecule has 0 fully saturated rings. The fraction of sp³-hybridized carbons (Fsp3) is 0.0800. The van der Waals surface area contributed by atoms with Crippen molar-refractivity contribution >= 4 is 34.0 Å². The number of halogens is 2. The van der Waals surface area contributed by atoms with E-state index in [1.54, 1.807) is 12.1 Å². The van der Waals surface area contributed by atoms with Gasteiger partial charge in [-0.15, -0.1) is 0 Å². The third-order valence-electron chi connectivity index (χ3n) is 5.24. The van der Waals surface area contributed by atoms with Gasteiger partial charge in [-0.1, -0.05) is 42.5 Å². The first-order chi connectivity index (χ1) is 14.7. The van der Waals surface area contributed by atoms with Crippen LogP contribution in [0, 0.1) is 0 Å². The van der Waals surface area contributed by atoms with Crippen molar-refractivity contribution in [3.63, 3.8) is 0 Å². The van der Waals surface area contributed by atoms with Gasteiger partial charge in [0.25, 0.3) is 6.43 Å². The molecule has 0 atom stereocenters. The van der Waals surface area contributed by atoms with E-state index in [0.29, 0.717) is 5.75 Å². The van der Waals surface area contributed by atoms with Gasteiger partial charge in [-0.3, -0.25) is 0 Å². The summed E-state index contributed by atoms with van der Waals surface area (Å²) in [4.78, 5) is 6.71. The lowest BCUT2D eigenvalue weighted by molar-refractivity contribution is -0.342. The van der Waals surface area contributed by atoms with Crippen LogP contribution in [0.5, 0.6) is 5.75 Å². The highest BCUT2D eigenvalue weighted by molar-refractivity contribution is 6.24. The van der Waals surface area contributed by atoms with E-state index in [2.05, 4.69) is 22.1 Å². The summed E-state index contributed by atoms with van der Waals surface area (Å²) in [5.41, 5.74) is 7.44. The number of hydrogen-bond acceptors (Lipinski definition) is 1. The largest absolute Gasteiger partial charge is 0.488 e. The van der Waals surface area contributed by atoms with Crippen molar-refractivity contribution < 1.29 is 18.5 Å². The standard InChI is InChI=1S/C25H18F2N2O/c26-24(27)15-30-17-11-9-16(10-12-17)25(20-13-28-22-7-3-1-5-18(20)22)21-14-29-23-8-4-2-6-19(21)23/h1-14,24,28H,15H2/p+1. The zero-order valence-electron chi connectivity index (χ0n) is 16.0. The number of fused-ring (bicyclic) bond motifs is 2. The van der Waals surface area contributed by atoms with E-state index in [1.807, 2.05) is 60.9 Å². The van der Waals surface area contributed by atoms with Crippen molar-refractivity contribution in [3.8, 4) is 5.75 Å². The smallest absolute Gasteiger partial charge is 0.272 e. The monoisotopic (exact) mass is 401 g/mol. The van der Waals surface area contributed by atoms with Gasteiger partial charge < -0.3 is 9.72 Å².